The molecular weight excluding hydrogens is 626 g/mol. The van der Waals surface area contributed by atoms with Crippen molar-refractivity contribution in [2.24, 2.45) is 0 Å². The molecule has 0 bridgehead atoms. The second kappa shape index (κ2) is 13.2. The van der Waals surface area contributed by atoms with Gasteiger partial charge >= 0.3 is 5.97 Å². The van der Waals surface area contributed by atoms with E-state index in [4.69, 9.17) is 14.6 Å². The molecule has 4 aromatic rings. The number of rotatable bonds is 9. The molecule has 6 rings (SSSR count). The smallest absolute Gasteiger partial charge is 0.359 e. The van der Waals surface area contributed by atoms with Crippen molar-refractivity contribution in [3.8, 4) is 23.3 Å². The maximum absolute atomic E-state index is 13.4. The molecule has 0 aliphatic carbocycles. The number of hydrogen-bond donors (Lipinski definition) is 1. The van der Waals surface area contributed by atoms with Crippen molar-refractivity contribution in [3.63, 3.8) is 0 Å². The maximum atomic E-state index is 13.4. The zero-order valence-electron chi connectivity index (χ0n) is 25.4. The van der Waals surface area contributed by atoms with E-state index in [2.05, 4.69) is 16.3 Å². The number of carbonyl (C=O) groups excluding carboxylic acids is 1. The first-order valence-electron chi connectivity index (χ1n) is 15.0. The number of sulfonamides is 1. The van der Waals surface area contributed by atoms with E-state index in [-0.39, 0.29) is 36.3 Å². The van der Waals surface area contributed by atoms with Gasteiger partial charge in [-0.2, -0.15) is 14.7 Å². The monoisotopic (exact) mass is 657 g/mol. The number of aromatic nitrogens is 2. The number of nitro benzene ring substituents is 1. The molecule has 14 nitrogen and oxygen atoms in total. The van der Waals surface area contributed by atoms with Gasteiger partial charge in [0.1, 0.15) is 17.2 Å². The fourth-order valence-corrected chi connectivity index (χ4v) is 7.46. The Labute approximate surface area is 270 Å². The Kier molecular flexibility index (Phi) is 8.90. The van der Waals surface area contributed by atoms with E-state index in [9.17, 15) is 28.6 Å². The molecule has 3 heterocycles. The number of piperazine rings is 1. The highest BCUT2D eigenvalue weighted by atomic mass is 32.2. The Balaban J connectivity index is 1.25. The summed E-state index contributed by atoms with van der Waals surface area (Å²) in [6, 6.07) is 21.1. The molecule has 1 saturated heterocycles. The molecule has 3 aromatic carbocycles. The van der Waals surface area contributed by atoms with Crippen molar-refractivity contribution < 1.29 is 27.6 Å². The molecule has 1 aromatic heterocycles. The number of ether oxygens (including phenoxy) is 2. The number of benzene rings is 3. The Morgan fingerprint density at radius 1 is 1.06 bits per heavy atom. The van der Waals surface area contributed by atoms with Crippen molar-refractivity contribution in [1.29, 1.82) is 5.26 Å². The molecule has 1 fully saturated rings. The van der Waals surface area contributed by atoms with Gasteiger partial charge in [0, 0.05) is 38.8 Å². The van der Waals surface area contributed by atoms with E-state index in [1.54, 1.807) is 60.1 Å². The SMILES string of the molecule is CCOC(=O)c1c2c(nn1-c1ccc(Oc3cccc(C#N)c3)cc1)[C@H](N1CCN(S(=O)(=O)c3ccccc3[N+](=O)[O-])CC1)CCN2. The van der Waals surface area contributed by atoms with Gasteiger partial charge in [-0.15, -0.1) is 0 Å². The highest BCUT2D eigenvalue weighted by molar-refractivity contribution is 7.89. The minimum absolute atomic E-state index is 0.137. The summed E-state index contributed by atoms with van der Waals surface area (Å²) >= 11 is 0. The van der Waals surface area contributed by atoms with Crippen LogP contribution in [-0.4, -0.2) is 77.6 Å². The lowest BCUT2D eigenvalue weighted by molar-refractivity contribution is -0.387. The van der Waals surface area contributed by atoms with E-state index >= 15 is 0 Å². The van der Waals surface area contributed by atoms with Crippen LogP contribution < -0.4 is 10.1 Å². The summed E-state index contributed by atoms with van der Waals surface area (Å²) in [5.41, 5.74) is 2.07. The second-order valence-corrected chi connectivity index (χ2v) is 12.8. The third-order valence-electron chi connectivity index (χ3n) is 8.09. The van der Waals surface area contributed by atoms with Crippen molar-refractivity contribution >= 4 is 27.4 Å². The predicted octanol–water partition coefficient (Wildman–Crippen LogP) is 4.48. The van der Waals surface area contributed by atoms with E-state index in [0.29, 0.717) is 60.2 Å². The van der Waals surface area contributed by atoms with Crippen LogP contribution in [0.25, 0.3) is 5.69 Å². The minimum Gasteiger partial charge on any atom is -0.461 e. The molecular formula is C32H31N7O7S. The van der Waals surface area contributed by atoms with Crippen LogP contribution in [0.4, 0.5) is 11.4 Å². The number of nitro groups is 1. The van der Waals surface area contributed by atoms with Gasteiger partial charge < -0.3 is 14.8 Å². The van der Waals surface area contributed by atoms with E-state index in [0.717, 1.165) is 0 Å². The van der Waals surface area contributed by atoms with Crippen LogP contribution in [-0.2, 0) is 14.8 Å². The quantitative estimate of drug-likeness (QED) is 0.153. The molecule has 0 saturated carbocycles. The Morgan fingerprint density at radius 3 is 2.51 bits per heavy atom. The maximum Gasteiger partial charge on any atom is 0.359 e. The lowest BCUT2D eigenvalue weighted by Gasteiger charge is -2.39. The van der Waals surface area contributed by atoms with Crippen molar-refractivity contribution in [1.82, 2.24) is 19.0 Å². The molecule has 1 N–H and O–H groups in total. The standard InChI is InChI=1S/C32H31N7O7S/c1-2-45-32(40)31-30-29(35-38(31)23-10-12-24(13-11-23)46-25-7-5-6-22(20-25)21-33)27(14-15-34-30)36-16-18-37(19-17-36)47(43,44)28-9-4-3-8-26(28)39(41)42/h3-13,20,27,34H,2,14-19H2,1H3/t27-/m1/s1. The Hall–Kier alpha value is -5.30. The van der Waals surface area contributed by atoms with E-state index in [1.165, 1.54) is 28.6 Å². The highest BCUT2D eigenvalue weighted by Crippen LogP contribution is 2.38. The van der Waals surface area contributed by atoms with Crippen LogP contribution >= 0.6 is 0 Å². The number of carbonyl (C=O) groups is 1. The number of nitriles is 1. The van der Waals surface area contributed by atoms with Gasteiger partial charge in [0.05, 0.1) is 40.6 Å². The summed E-state index contributed by atoms with van der Waals surface area (Å²) in [7, 11) is -4.09. The Bertz CT molecular complexity index is 1960. The normalized spacial score (nSPS) is 16.8. The molecule has 0 unspecified atom stereocenters. The molecule has 2 aliphatic rings. The van der Waals surface area contributed by atoms with Gasteiger partial charge in [0.15, 0.2) is 10.6 Å². The average molecular weight is 658 g/mol. The summed E-state index contributed by atoms with van der Waals surface area (Å²) in [6.45, 7) is 3.46. The van der Waals surface area contributed by atoms with Gasteiger partial charge in [0.25, 0.3) is 5.69 Å². The van der Waals surface area contributed by atoms with Gasteiger partial charge in [-0.25, -0.2) is 17.9 Å². The summed E-state index contributed by atoms with van der Waals surface area (Å²) in [6.07, 6.45) is 0.664. The van der Waals surface area contributed by atoms with Gasteiger partial charge in [-0.05, 0) is 61.9 Å². The van der Waals surface area contributed by atoms with Crippen molar-refractivity contribution in [2.45, 2.75) is 24.3 Å². The van der Waals surface area contributed by atoms with E-state index in [1.807, 2.05) is 0 Å². The van der Waals surface area contributed by atoms with E-state index < -0.39 is 26.6 Å². The number of nitrogens with one attached hydrogen (secondary N) is 1. The lowest BCUT2D eigenvalue weighted by atomic mass is 10.0. The third kappa shape index (κ3) is 6.26. The Morgan fingerprint density at radius 2 is 1.81 bits per heavy atom. The first kappa shape index (κ1) is 31.7. The zero-order chi connectivity index (χ0) is 33.1. The fourth-order valence-electron chi connectivity index (χ4n) is 5.88. The minimum atomic E-state index is -4.09. The van der Waals surface area contributed by atoms with Gasteiger partial charge in [-0.3, -0.25) is 15.0 Å². The molecule has 1 atom stereocenters. The van der Waals surface area contributed by atoms with Gasteiger partial charge in [0.2, 0.25) is 10.0 Å². The number of anilines is 1. The molecule has 47 heavy (non-hydrogen) atoms. The molecule has 15 heteroatoms. The molecule has 0 amide bonds. The van der Waals surface area contributed by atoms with Crippen molar-refractivity contribution in [2.75, 3.05) is 44.6 Å². The number of para-hydroxylation sites is 1. The topological polar surface area (TPSA) is 173 Å². The molecule has 2 aliphatic heterocycles. The first-order valence-corrected chi connectivity index (χ1v) is 16.4. The third-order valence-corrected chi connectivity index (χ3v) is 10.0. The van der Waals surface area contributed by atoms with Crippen LogP contribution in [0.2, 0.25) is 0 Å². The van der Waals surface area contributed by atoms with Crippen LogP contribution in [0.15, 0.2) is 77.7 Å². The summed E-state index contributed by atoms with van der Waals surface area (Å²) in [5, 5.41) is 28.9. The number of fused-ring (bicyclic) bond motifs is 1. The molecule has 0 spiro atoms. The fraction of sp³-hybridized carbons (Fsp3) is 0.281. The van der Waals surface area contributed by atoms with Crippen molar-refractivity contribution in [3.05, 3.63) is 99.9 Å². The average Bonchev–Trinajstić information content (AvgIpc) is 3.49. The summed E-state index contributed by atoms with van der Waals surface area (Å²) in [5.74, 6) is 0.506. The number of nitrogens with zero attached hydrogens (tertiary/aromatic N) is 6. The molecule has 242 valence electrons. The largest absolute Gasteiger partial charge is 0.461 e. The first-order chi connectivity index (χ1) is 22.7. The lowest BCUT2D eigenvalue weighted by Crippen LogP contribution is -2.50. The van der Waals surface area contributed by atoms with Crippen LogP contribution in [0.1, 0.15) is 41.1 Å². The molecule has 0 radical (unpaired) electrons. The van der Waals surface area contributed by atoms with Gasteiger partial charge in [-0.1, -0.05) is 18.2 Å². The van der Waals surface area contributed by atoms with Crippen LogP contribution in [0.5, 0.6) is 11.5 Å². The predicted molar refractivity (Wildman–Crippen MR) is 170 cm³/mol. The number of hydrogen-bond acceptors (Lipinski definition) is 11. The zero-order valence-corrected chi connectivity index (χ0v) is 26.2. The van der Waals surface area contributed by atoms with Crippen LogP contribution in [0, 0.1) is 21.4 Å². The summed E-state index contributed by atoms with van der Waals surface area (Å²) in [4.78, 5) is 25.9. The number of esters is 1. The summed E-state index contributed by atoms with van der Waals surface area (Å²) < 4.78 is 40.9. The van der Waals surface area contributed by atoms with Crippen LogP contribution in [0.3, 0.4) is 0 Å². The highest BCUT2D eigenvalue weighted by Gasteiger charge is 2.39. The second-order valence-electron chi connectivity index (χ2n) is 10.9.